The first-order valence-electron chi connectivity index (χ1n) is 6.55. The highest BCUT2D eigenvalue weighted by Crippen LogP contribution is 2.24. The topological polar surface area (TPSA) is 78.4 Å². The number of likely N-dealkylation sites (N-methyl/N-ethyl adjacent to an activating group) is 1. The van der Waals surface area contributed by atoms with Crippen LogP contribution in [0.3, 0.4) is 0 Å². The lowest BCUT2D eigenvalue weighted by molar-refractivity contribution is -0.137. The molecule has 2 atom stereocenters. The third-order valence-corrected chi connectivity index (χ3v) is 3.37. The van der Waals surface area contributed by atoms with E-state index in [2.05, 4.69) is 27.5 Å². The van der Waals surface area contributed by atoms with Crippen LogP contribution in [0.2, 0.25) is 0 Å². The first-order valence-corrected chi connectivity index (χ1v) is 6.55. The summed E-state index contributed by atoms with van der Waals surface area (Å²) >= 11 is 0. The van der Waals surface area contributed by atoms with Gasteiger partial charge in [0.15, 0.2) is 0 Å². The Balaban J connectivity index is 1.93. The maximum Gasteiger partial charge on any atom is 0.305 e. The van der Waals surface area contributed by atoms with Crippen molar-refractivity contribution in [2.75, 3.05) is 25.5 Å². The summed E-state index contributed by atoms with van der Waals surface area (Å²) in [6.45, 7) is 3.94. The second kappa shape index (κ2) is 5.97. The Morgan fingerprint density at radius 3 is 2.89 bits per heavy atom. The molecule has 0 spiro atoms. The molecule has 2 N–H and O–H groups in total. The smallest absolute Gasteiger partial charge is 0.305 e. The van der Waals surface area contributed by atoms with Crippen molar-refractivity contribution in [1.29, 1.82) is 0 Å². The summed E-state index contributed by atoms with van der Waals surface area (Å²) in [7, 11) is 2.11. The number of anilines is 1. The van der Waals surface area contributed by atoms with Gasteiger partial charge in [-0.2, -0.15) is 5.10 Å². The van der Waals surface area contributed by atoms with Gasteiger partial charge in [0.05, 0.1) is 12.1 Å². The molecule has 0 bridgehead atoms. The standard InChI is InChI=1S/C13H20N4O2/c1-9(7-13(18)19)14-12-4-3-11(15-16-12)10-5-6-17(2)8-10/h3-4,9-10H,5-8H2,1-2H3,(H,14,16)(H,18,19). The molecule has 1 aliphatic heterocycles. The lowest BCUT2D eigenvalue weighted by Gasteiger charge is -2.13. The molecular weight excluding hydrogens is 244 g/mol. The highest BCUT2D eigenvalue weighted by atomic mass is 16.4. The molecule has 6 heteroatoms. The summed E-state index contributed by atoms with van der Waals surface area (Å²) in [5.74, 6) is 0.269. The molecule has 2 heterocycles. The summed E-state index contributed by atoms with van der Waals surface area (Å²) in [6.07, 6.45) is 1.18. The zero-order valence-electron chi connectivity index (χ0n) is 11.3. The van der Waals surface area contributed by atoms with E-state index in [0.29, 0.717) is 11.7 Å². The molecule has 1 aromatic rings. The molecule has 1 aliphatic rings. The minimum absolute atomic E-state index is 0.0663. The Morgan fingerprint density at radius 2 is 2.37 bits per heavy atom. The molecule has 1 aromatic heterocycles. The van der Waals surface area contributed by atoms with Gasteiger partial charge >= 0.3 is 5.97 Å². The van der Waals surface area contributed by atoms with Gasteiger partial charge in [-0.1, -0.05) is 0 Å². The summed E-state index contributed by atoms with van der Waals surface area (Å²) in [5, 5.41) is 20.1. The van der Waals surface area contributed by atoms with Gasteiger partial charge in [0.25, 0.3) is 0 Å². The third-order valence-electron chi connectivity index (χ3n) is 3.37. The summed E-state index contributed by atoms with van der Waals surface area (Å²) < 4.78 is 0. The van der Waals surface area contributed by atoms with Crippen LogP contribution in [-0.2, 0) is 4.79 Å². The lowest BCUT2D eigenvalue weighted by Crippen LogP contribution is -2.20. The maximum atomic E-state index is 10.6. The number of likely N-dealkylation sites (tertiary alicyclic amines) is 1. The lowest BCUT2D eigenvalue weighted by atomic mass is 10.1. The number of carbonyl (C=O) groups is 1. The van der Waals surface area contributed by atoms with Crippen molar-refractivity contribution in [3.8, 4) is 0 Å². The van der Waals surface area contributed by atoms with Crippen molar-refractivity contribution >= 4 is 11.8 Å². The average molecular weight is 264 g/mol. The third kappa shape index (κ3) is 3.89. The van der Waals surface area contributed by atoms with Gasteiger partial charge in [-0.05, 0) is 39.1 Å². The van der Waals surface area contributed by atoms with Gasteiger partial charge in [0, 0.05) is 18.5 Å². The van der Waals surface area contributed by atoms with Crippen LogP contribution in [0.4, 0.5) is 5.82 Å². The first-order chi connectivity index (χ1) is 9.04. The first kappa shape index (κ1) is 13.7. The molecule has 0 aliphatic carbocycles. The largest absolute Gasteiger partial charge is 0.481 e. The number of hydrogen-bond acceptors (Lipinski definition) is 5. The highest BCUT2D eigenvalue weighted by molar-refractivity contribution is 5.68. The highest BCUT2D eigenvalue weighted by Gasteiger charge is 2.22. The number of nitrogens with zero attached hydrogens (tertiary/aromatic N) is 3. The van der Waals surface area contributed by atoms with Crippen molar-refractivity contribution in [3.63, 3.8) is 0 Å². The number of carboxylic acid groups (broad SMARTS) is 1. The Bertz CT molecular complexity index is 435. The van der Waals surface area contributed by atoms with E-state index >= 15 is 0 Å². The molecule has 104 valence electrons. The number of nitrogens with one attached hydrogen (secondary N) is 1. The molecular formula is C13H20N4O2. The minimum Gasteiger partial charge on any atom is -0.481 e. The van der Waals surface area contributed by atoms with Crippen molar-refractivity contribution in [2.45, 2.75) is 31.7 Å². The zero-order valence-corrected chi connectivity index (χ0v) is 11.3. The SMILES string of the molecule is CC(CC(=O)O)Nc1ccc(C2CCN(C)C2)nn1. The van der Waals surface area contributed by atoms with E-state index in [1.165, 1.54) is 0 Å². The molecule has 1 saturated heterocycles. The van der Waals surface area contributed by atoms with Crippen LogP contribution in [0.1, 0.15) is 31.4 Å². The predicted molar refractivity (Wildman–Crippen MR) is 72.2 cm³/mol. The van der Waals surface area contributed by atoms with Gasteiger partial charge in [-0.25, -0.2) is 0 Å². The Labute approximate surface area is 112 Å². The minimum atomic E-state index is -0.821. The van der Waals surface area contributed by atoms with Crippen molar-refractivity contribution < 1.29 is 9.90 Å². The Morgan fingerprint density at radius 1 is 1.58 bits per heavy atom. The van der Waals surface area contributed by atoms with Crippen LogP contribution in [0.25, 0.3) is 0 Å². The number of carboxylic acids is 1. The molecule has 1 fully saturated rings. The fraction of sp³-hybridized carbons (Fsp3) is 0.615. The van der Waals surface area contributed by atoms with Gasteiger partial charge in [0.2, 0.25) is 0 Å². The van der Waals surface area contributed by atoms with Gasteiger partial charge in [-0.3, -0.25) is 4.79 Å². The van der Waals surface area contributed by atoms with Crippen LogP contribution in [0.15, 0.2) is 12.1 Å². The van der Waals surface area contributed by atoms with Crippen molar-refractivity contribution in [1.82, 2.24) is 15.1 Å². The number of rotatable bonds is 5. The van der Waals surface area contributed by atoms with Gasteiger partial charge < -0.3 is 15.3 Å². The average Bonchev–Trinajstić information content (AvgIpc) is 2.75. The molecule has 19 heavy (non-hydrogen) atoms. The second-order valence-corrected chi connectivity index (χ2v) is 5.23. The normalized spacial score (nSPS) is 21.3. The van der Waals surface area contributed by atoms with E-state index < -0.39 is 5.97 Å². The molecule has 2 rings (SSSR count). The van der Waals surface area contributed by atoms with Gasteiger partial charge in [-0.15, -0.1) is 5.10 Å². The maximum absolute atomic E-state index is 10.6. The fourth-order valence-electron chi connectivity index (χ4n) is 2.38. The predicted octanol–water partition coefficient (Wildman–Crippen LogP) is 1.17. The molecule has 0 saturated carbocycles. The molecule has 0 amide bonds. The van der Waals surface area contributed by atoms with Crippen LogP contribution < -0.4 is 5.32 Å². The zero-order chi connectivity index (χ0) is 13.8. The van der Waals surface area contributed by atoms with E-state index in [0.717, 1.165) is 25.2 Å². The monoisotopic (exact) mass is 264 g/mol. The van der Waals surface area contributed by atoms with E-state index in [1.807, 2.05) is 19.1 Å². The van der Waals surface area contributed by atoms with Crippen LogP contribution >= 0.6 is 0 Å². The van der Waals surface area contributed by atoms with Crippen molar-refractivity contribution in [3.05, 3.63) is 17.8 Å². The Kier molecular flexibility index (Phi) is 4.31. The summed E-state index contributed by atoms with van der Waals surface area (Å²) in [6, 6.07) is 3.70. The van der Waals surface area contributed by atoms with Crippen molar-refractivity contribution in [2.24, 2.45) is 0 Å². The number of aliphatic carboxylic acids is 1. The summed E-state index contributed by atoms with van der Waals surface area (Å²) in [4.78, 5) is 12.9. The van der Waals surface area contributed by atoms with E-state index in [1.54, 1.807) is 0 Å². The second-order valence-electron chi connectivity index (χ2n) is 5.23. The number of aromatic nitrogens is 2. The van der Waals surface area contributed by atoms with Crippen LogP contribution in [-0.4, -0.2) is 52.4 Å². The molecule has 6 nitrogen and oxygen atoms in total. The number of hydrogen-bond donors (Lipinski definition) is 2. The summed E-state index contributed by atoms with van der Waals surface area (Å²) in [5.41, 5.74) is 1.01. The molecule has 0 aromatic carbocycles. The van der Waals surface area contributed by atoms with Crippen LogP contribution in [0, 0.1) is 0 Å². The molecule has 2 unspecified atom stereocenters. The van der Waals surface area contributed by atoms with E-state index in [9.17, 15) is 4.79 Å². The fourth-order valence-corrected chi connectivity index (χ4v) is 2.38. The van der Waals surface area contributed by atoms with E-state index in [-0.39, 0.29) is 12.5 Å². The quantitative estimate of drug-likeness (QED) is 0.831. The van der Waals surface area contributed by atoms with Gasteiger partial charge in [0.1, 0.15) is 5.82 Å². The Hall–Kier alpha value is -1.69. The van der Waals surface area contributed by atoms with E-state index in [4.69, 9.17) is 5.11 Å². The van der Waals surface area contributed by atoms with Crippen LogP contribution in [0.5, 0.6) is 0 Å². The molecule has 0 radical (unpaired) electrons.